The van der Waals surface area contributed by atoms with E-state index in [9.17, 15) is 14.0 Å². The maximum atomic E-state index is 13.8. The van der Waals surface area contributed by atoms with Crippen molar-refractivity contribution in [3.05, 3.63) is 62.2 Å². The van der Waals surface area contributed by atoms with Gasteiger partial charge in [0.15, 0.2) is 0 Å². The molecular formula is C16H17BrFN3O2. The van der Waals surface area contributed by atoms with E-state index in [-0.39, 0.29) is 29.5 Å². The van der Waals surface area contributed by atoms with E-state index in [1.807, 2.05) is 6.92 Å². The number of aryl methyl sites for hydroxylation is 1. The molecule has 1 aromatic heterocycles. The highest BCUT2D eigenvalue weighted by molar-refractivity contribution is 9.10. The molecule has 0 aliphatic heterocycles. The number of benzene rings is 1. The van der Waals surface area contributed by atoms with Gasteiger partial charge >= 0.3 is 0 Å². The smallest absolute Gasteiger partial charge is 0.274 e. The van der Waals surface area contributed by atoms with Gasteiger partial charge in [-0.1, -0.05) is 22.9 Å². The van der Waals surface area contributed by atoms with Gasteiger partial charge < -0.3 is 4.90 Å². The number of carbonyl (C=O) groups excluding carboxylic acids is 1. The molecule has 0 radical (unpaired) electrons. The first-order valence-corrected chi connectivity index (χ1v) is 7.99. The van der Waals surface area contributed by atoms with Gasteiger partial charge in [0.25, 0.3) is 11.5 Å². The molecule has 0 spiro atoms. The predicted molar refractivity (Wildman–Crippen MR) is 88.7 cm³/mol. The van der Waals surface area contributed by atoms with Crippen LogP contribution in [0.4, 0.5) is 4.39 Å². The zero-order valence-corrected chi connectivity index (χ0v) is 14.5. The molecule has 0 aliphatic carbocycles. The molecule has 0 saturated heterocycles. The van der Waals surface area contributed by atoms with Crippen molar-refractivity contribution < 1.29 is 9.18 Å². The van der Waals surface area contributed by atoms with E-state index in [1.54, 1.807) is 19.2 Å². The quantitative estimate of drug-likeness (QED) is 0.799. The van der Waals surface area contributed by atoms with Crippen molar-refractivity contribution in [2.24, 2.45) is 0 Å². The monoisotopic (exact) mass is 381 g/mol. The molecule has 0 aliphatic rings. The van der Waals surface area contributed by atoms with Crippen molar-refractivity contribution in [2.75, 3.05) is 7.05 Å². The average Bonchev–Trinajstić information content (AvgIpc) is 2.52. The fourth-order valence-corrected chi connectivity index (χ4v) is 2.53. The molecule has 0 unspecified atom stereocenters. The minimum Gasteiger partial charge on any atom is -0.336 e. The summed E-state index contributed by atoms with van der Waals surface area (Å²) in [6.45, 7) is 2.48. The zero-order valence-electron chi connectivity index (χ0n) is 12.9. The summed E-state index contributed by atoms with van der Waals surface area (Å²) in [6.07, 6.45) is 0.740. The highest BCUT2D eigenvalue weighted by Crippen LogP contribution is 2.17. The molecule has 5 nitrogen and oxygen atoms in total. The Morgan fingerprint density at radius 1 is 1.35 bits per heavy atom. The van der Waals surface area contributed by atoms with Crippen molar-refractivity contribution >= 4 is 21.8 Å². The lowest BCUT2D eigenvalue weighted by Gasteiger charge is -2.17. The summed E-state index contributed by atoms with van der Waals surface area (Å²) in [6, 6.07) is 7.29. The third kappa shape index (κ3) is 4.25. The van der Waals surface area contributed by atoms with E-state index in [0.717, 1.165) is 10.9 Å². The molecule has 122 valence electrons. The van der Waals surface area contributed by atoms with Gasteiger partial charge in [0, 0.05) is 36.2 Å². The van der Waals surface area contributed by atoms with E-state index in [2.05, 4.69) is 21.0 Å². The summed E-state index contributed by atoms with van der Waals surface area (Å²) in [5, 5.41) is 4.07. The molecule has 2 aromatic rings. The van der Waals surface area contributed by atoms with Crippen LogP contribution in [0.1, 0.15) is 29.4 Å². The number of rotatable bonds is 5. The third-order valence-corrected chi connectivity index (χ3v) is 3.78. The van der Waals surface area contributed by atoms with Gasteiger partial charge in [-0.05, 0) is 30.7 Å². The molecule has 2 rings (SSSR count). The van der Waals surface area contributed by atoms with E-state index < -0.39 is 0 Å². The molecular weight excluding hydrogens is 365 g/mol. The maximum Gasteiger partial charge on any atom is 0.274 e. The Kier molecular flexibility index (Phi) is 5.65. The van der Waals surface area contributed by atoms with Crippen LogP contribution in [-0.2, 0) is 13.1 Å². The van der Waals surface area contributed by atoms with Crippen molar-refractivity contribution in [3.63, 3.8) is 0 Å². The fourth-order valence-electron chi connectivity index (χ4n) is 2.12. The minimum absolute atomic E-state index is 0.110. The van der Waals surface area contributed by atoms with E-state index >= 15 is 0 Å². The number of hydrogen-bond acceptors (Lipinski definition) is 3. The molecule has 1 amide bonds. The highest BCUT2D eigenvalue weighted by atomic mass is 79.9. The van der Waals surface area contributed by atoms with Crippen LogP contribution >= 0.6 is 15.9 Å². The number of aromatic nitrogens is 2. The Morgan fingerprint density at radius 3 is 2.78 bits per heavy atom. The molecule has 1 aromatic carbocycles. The van der Waals surface area contributed by atoms with Gasteiger partial charge in [-0.25, -0.2) is 9.07 Å². The summed E-state index contributed by atoms with van der Waals surface area (Å²) in [4.78, 5) is 25.4. The van der Waals surface area contributed by atoms with Crippen LogP contribution in [0.3, 0.4) is 0 Å². The lowest BCUT2D eigenvalue weighted by atomic mass is 10.2. The molecule has 1 heterocycles. The number of nitrogens with zero attached hydrogens (tertiary/aromatic N) is 3. The first-order chi connectivity index (χ1) is 10.9. The second-order valence-electron chi connectivity index (χ2n) is 5.18. The lowest BCUT2D eigenvalue weighted by Crippen LogP contribution is -2.31. The second kappa shape index (κ2) is 7.50. The van der Waals surface area contributed by atoms with Gasteiger partial charge in [-0.2, -0.15) is 5.10 Å². The highest BCUT2D eigenvalue weighted by Gasteiger charge is 2.16. The van der Waals surface area contributed by atoms with Crippen LogP contribution in [0.5, 0.6) is 0 Å². The van der Waals surface area contributed by atoms with Crippen molar-refractivity contribution in [3.8, 4) is 0 Å². The summed E-state index contributed by atoms with van der Waals surface area (Å²) in [5.41, 5.74) is 0.317. The lowest BCUT2D eigenvalue weighted by molar-refractivity contribution is 0.0775. The first-order valence-electron chi connectivity index (χ1n) is 7.20. The van der Waals surface area contributed by atoms with Crippen LogP contribution < -0.4 is 5.56 Å². The van der Waals surface area contributed by atoms with Crippen molar-refractivity contribution in [1.29, 1.82) is 0 Å². The van der Waals surface area contributed by atoms with E-state index in [0.29, 0.717) is 12.1 Å². The Hall–Kier alpha value is -2.02. The Balaban J connectivity index is 2.21. The number of amides is 1. The molecule has 0 N–H and O–H groups in total. The average molecular weight is 382 g/mol. The number of carbonyl (C=O) groups is 1. The zero-order chi connectivity index (χ0) is 17.0. The Morgan fingerprint density at radius 2 is 2.09 bits per heavy atom. The normalized spacial score (nSPS) is 10.6. The third-order valence-electron chi connectivity index (χ3n) is 3.28. The van der Waals surface area contributed by atoms with Crippen LogP contribution in [0.25, 0.3) is 0 Å². The van der Waals surface area contributed by atoms with Gasteiger partial charge in [-0.3, -0.25) is 9.59 Å². The first kappa shape index (κ1) is 17.3. The van der Waals surface area contributed by atoms with Gasteiger partial charge in [0.05, 0.1) is 0 Å². The summed E-state index contributed by atoms with van der Waals surface area (Å²) < 4.78 is 15.8. The van der Waals surface area contributed by atoms with Crippen LogP contribution in [-0.4, -0.2) is 27.6 Å². The van der Waals surface area contributed by atoms with Crippen LogP contribution in [0.15, 0.2) is 39.6 Å². The van der Waals surface area contributed by atoms with Crippen molar-refractivity contribution in [1.82, 2.24) is 14.7 Å². The Bertz CT molecular complexity index is 776. The van der Waals surface area contributed by atoms with E-state index in [4.69, 9.17) is 0 Å². The number of halogens is 2. The maximum absolute atomic E-state index is 13.8. The number of hydrogen-bond donors (Lipinski definition) is 0. The van der Waals surface area contributed by atoms with Gasteiger partial charge in [0.1, 0.15) is 11.5 Å². The van der Waals surface area contributed by atoms with Crippen molar-refractivity contribution in [2.45, 2.75) is 26.4 Å². The summed E-state index contributed by atoms with van der Waals surface area (Å²) >= 11 is 3.28. The molecule has 0 bridgehead atoms. The minimum atomic E-state index is -0.378. The van der Waals surface area contributed by atoms with E-state index in [1.165, 1.54) is 27.8 Å². The van der Waals surface area contributed by atoms with Gasteiger partial charge in [0.2, 0.25) is 0 Å². The topological polar surface area (TPSA) is 55.2 Å². The molecule has 7 heteroatoms. The molecule has 0 fully saturated rings. The summed E-state index contributed by atoms with van der Waals surface area (Å²) in [5.74, 6) is -0.744. The fraction of sp³-hybridized carbons (Fsp3) is 0.312. The molecule has 0 atom stereocenters. The standard InChI is InChI=1S/C16H17BrFN3O2/c1-3-8-21-15(22)7-6-14(19-21)16(23)20(2)10-11-9-12(17)4-5-13(11)18/h4-7,9H,3,8,10H2,1-2H3. The second-order valence-corrected chi connectivity index (χ2v) is 6.09. The largest absolute Gasteiger partial charge is 0.336 e. The molecule has 0 saturated carbocycles. The van der Waals surface area contributed by atoms with Gasteiger partial charge in [-0.15, -0.1) is 0 Å². The van der Waals surface area contributed by atoms with Crippen LogP contribution in [0.2, 0.25) is 0 Å². The predicted octanol–water partition coefficient (Wildman–Crippen LogP) is 2.83. The summed E-state index contributed by atoms with van der Waals surface area (Å²) in [7, 11) is 1.57. The van der Waals surface area contributed by atoms with Crippen LogP contribution in [0, 0.1) is 5.82 Å². The Labute approximate surface area is 141 Å². The SMILES string of the molecule is CCCn1nc(C(=O)N(C)Cc2cc(Br)ccc2F)ccc1=O. The molecule has 23 heavy (non-hydrogen) atoms.